The summed E-state index contributed by atoms with van der Waals surface area (Å²) in [5.74, 6) is 0.389. The number of allylic oxidation sites excluding steroid dienone is 2. The van der Waals surface area contributed by atoms with Gasteiger partial charge in [0.25, 0.3) is 11.5 Å². The van der Waals surface area contributed by atoms with Crippen molar-refractivity contribution < 1.29 is 4.79 Å². The Morgan fingerprint density at radius 3 is 2.24 bits per heavy atom. The van der Waals surface area contributed by atoms with E-state index in [1.807, 2.05) is 72.8 Å². The lowest BCUT2D eigenvalue weighted by Crippen LogP contribution is -2.47. The van der Waals surface area contributed by atoms with Gasteiger partial charge in [-0.15, -0.1) is 0 Å². The molecule has 0 saturated carbocycles. The smallest absolute Gasteiger partial charge is 0.267 e. The summed E-state index contributed by atoms with van der Waals surface area (Å²) in [6, 6.07) is 26.2. The molecule has 4 aromatic rings. The van der Waals surface area contributed by atoms with Gasteiger partial charge in [-0.2, -0.15) is 9.69 Å². The first-order valence-electron chi connectivity index (χ1n) is 10.5. The summed E-state index contributed by atoms with van der Waals surface area (Å²) in [5.41, 5.74) is 2.23. The first-order valence-corrected chi connectivity index (χ1v) is 10.5. The van der Waals surface area contributed by atoms with Gasteiger partial charge in [-0.1, -0.05) is 84.9 Å². The van der Waals surface area contributed by atoms with Crippen LogP contribution < -0.4 is 10.6 Å². The highest BCUT2D eigenvalue weighted by Gasteiger charge is 2.32. The van der Waals surface area contributed by atoms with Crippen molar-refractivity contribution in [2.45, 2.75) is 6.92 Å². The van der Waals surface area contributed by atoms with Crippen LogP contribution in [-0.4, -0.2) is 21.4 Å². The second-order valence-electron chi connectivity index (χ2n) is 7.53. The van der Waals surface area contributed by atoms with Crippen molar-refractivity contribution in [3.63, 3.8) is 0 Å². The van der Waals surface area contributed by atoms with Crippen molar-refractivity contribution in [2.75, 3.05) is 5.01 Å². The Morgan fingerprint density at radius 1 is 0.818 bits per heavy atom. The fourth-order valence-corrected chi connectivity index (χ4v) is 3.77. The van der Waals surface area contributed by atoms with E-state index >= 15 is 0 Å². The molecule has 6 heteroatoms. The van der Waals surface area contributed by atoms with E-state index in [9.17, 15) is 9.59 Å². The number of amidine groups is 1. The molecule has 1 amide bonds. The maximum absolute atomic E-state index is 13.5. The third-order valence-electron chi connectivity index (χ3n) is 5.33. The first kappa shape index (κ1) is 20.3. The number of carbonyl (C=O) groups is 1. The molecule has 2 heterocycles. The van der Waals surface area contributed by atoms with Crippen LogP contribution in [0.2, 0.25) is 0 Å². The fraction of sp³-hybridized carbons (Fsp3) is 0.0370. The molecule has 0 bridgehead atoms. The molecule has 1 aliphatic rings. The van der Waals surface area contributed by atoms with E-state index in [0.717, 1.165) is 11.1 Å². The van der Waals surface area contributed by atoms with Gasteiger partial charge in [0.2, 0.25) is 0 Å². The molecular weight excluding hydrogens is 412 g/mol. The number of benzene rings is 3. The number of carbonyl (C=O) groups excluding carboxylic acids is 1. The van der Waals surface area contributed by atoms with E-state index in [2.05, 4.69) is 4.99 Å². The second kappa shape index (κ2) is 8.51. The third kappa shape index (κ3) is 3.78. The predicted molar refractivity (Wildman–Crippen MR) is 131 cm³/mol. The lowest BCUT2D eigenvalue weighted by Gasteiger charge is -2.22. The SMILES string of the molecule is CC1=N/C(=C/C=C/c2ccccc2)C(=O)N1n1c(-c2ccccc2)nc2ccccc2c1=O. The van der Waals surface area contributed by atoms with Gasteiger partial charge >= 0.3 is 0 Å². The number of fused-ring (bicyclic) bond motifs is 1. The van der Waals surface area contributed by atoms with Crippen LogP contribution in [0.4, 0.5) is 0 Å². The van der Waals surface area contributed by atoms with E-state index in [4.69, 9.17) is 4.98 Å². The summed E-state index contributed by atoms with van der Waals surface area (Å²) >= 11 is 0. The first-order chi connectivity index (χ1) is 16.1. The van der Waals surface area contributed by atoms with Gasteiger partial charge in [0.15, 0.2) is 5.82 Å². The molecule has 5 rings (SSSR count). The van der Waals surface area contributed by atoms with Crippen molar-refractivity contribution >= 4 is 28.7 Å². The predicted octanol–water partition coefficient (Wildman–Crippen LogP) is 4.56. The van der Waals surface area contributed by atoms with Crippen molar-refractivity contribution in [3.05, 3.63) is 119 Å². The normalized spacial score (nSPS) is 15.1. The Hall–Kier alpha value is -4.58. The van der Waals surface area contributed by atoms with Gasteiger partial charge in [0, 0.05) is 5.56 Å². The van der Waals surface area contributed by atoms with Gasteiger partial charge in [-0.3, -0.25) is 9.59 Å². The third-order valence-corrected chi connectivity index (χ3v) is 5.33. The van der Waals surface area contributed by atoms with E-state index in [1.54, 1.807) is 37.3 Å². The number of rotatable bonds is 4. The molecule has 1 aliphatic heterocycles. The summed E-state index contributed by atoms with van der Waals surface area (Å²) in [5, 5.41) is 1.73. The molecule has 0 unspecified atom stereocenters. The summed E-state index contributed by atoms with van der Waals surface area (Å²) in [4.78, 5) is 36.1. The van der Waals surface area contributed by atoms with Crippen LogP contribution in [0.25, 0.3) is 28.4 Å². The molecular formula is C27H20N4O2. The van der Waals surface area contributed by atoms with Crippen LogP contribution in [-0.2, 0) is 4.79 Å². The molecule has 0 aliphatic carbocycles. The zero-order valence-corrected chi connectivity index (χ0v) is 17.9. The molecule has 160 valence electrons. The zero-order chi connectivity index (χ0) is 22.8. The highest BCUT2D eigenvalue weighted by molar-refractivity contribution is 6.22. The number of hydrogen-bond acceptors (Lipinski definition) is 4. The Labute approximate surface area is 190 Å². The average Bonchev–Trinajstić information content (AvgIpc) is 3.13. The highest BCUT2D eigenvalue weighted by Crippen LogP contribution is 2.22. The Bertz CT molecular complexity index is 1500. The van der Waals surface area contributed by atoms with Crippen molar-refractivity contribution in [2.24, 2.45) is 4.99 Å². The van der Waals surface area contributed by atoms with Crippen LogP contribution in [0, 0.1) is 0 Å². The van der Waals surface area contributed by atoms with Crippen molar-refractivity contribution in [3.8, 4) is 11.4 Å². The summed E-state index contributed by atoms with van der Waals surface area (Å²) < 4.78 is 1.32. The molecule has 33 heavy (non-hydrogen) atoms. The van der Waals surface area contributed by atoms with Gasteiger partial charge < -0.3 is 0 Å². The standard InChI is InChI=1S/C27H20N4O2/c1-19-28-24(18-10-13-20-11-4-2-5-12-20)27(33)30(19)31-25(21-14-6-3-7-15-21)29-23-17-9-8-16-22(23)26(31)32/h2-18H,1H3/b13-10+,24-18+. The fourth-order valence-electron chi connectivity index (χ4n) is 3.77. The summed E-state index contributed by atoms with van der Waals surface area (Å²) in [6.45, 7) is 1.70. The van der Waals surface area contributed by atoms with E-state index in [-0.39, 0.29) is 17.2 Å². The summed E-state index contributed by atoms with van der Waals surface area (Å²) in [7, 11) is 0. The van der Waals surface area contributed by atoms with Gasteiger partial charge in [-0.25, -0.2) is 9.98 Å². The molecule has 0 N–H and O–H groups in total. The minimum Gasteiger partial charge on any atom is -0.267 e. The van der Waals surface area contributed by atoms with E-state index < -0.39 is 0 Å². The van der Waals surface area contributed by atoms with Crippen LogP contribution in [0.3, 0.4) is 0 Å². The Balaban J connectivity index is 1.62. The Kier molecular flexibility index (Phi) is 5.24. The number of hydrogen-bond donors (Lipinski definition) is 0. The maximum atomic E-state index is 13.5. The average molecular weight is 432 g/mol. The Morgan fingerprint density at radius 2 is 1.48 bits per heavy atom. The number of amides is 1. The van der Waals surface area contributed by atoms with E-state index in [0.29, 0.717) is 22.6 Å². The van der Waals surface area contributed by atoms with Crippen LogP contribution in [0.15, 0.2) is 113 Å². The minimum atomic E-state index is -0.387. The number of aromatic nitrogens is 2. The van der Waals surface area contributed by atoms with Gasteiger partial charge in [-0.05, 0) is 30.7 Å². The minimum absolute atomic E-state index is 0.249. The van der Waals surface area contributed by atoms with Crippen molar-refractivity contribution in [1.82, 2.24) is 9.66 Å². The quantitative estimate of drug-likeness (QED) is 0.444. The van der Waals surface area contributed by atoms with Gasteiger partial charge in [0.1, 0.15) is 11.5 Å². The topological polar surface area (TPSA) is 67.6 Å². The lowest BCUT2D eigenvalue weighted by molar-refractivity contribution is -0.115. The number of aliphatic imine (C=N–C) groups is 1. The zero-order valence-electron chi connectivity index (χ0n) is 17.9. The van der Waals surface area contributed by atoms with Crippen LogP contribution in [0.1, 0.15) is 12.5 Å². The van der Waals surface area contributed by atoms with Crippen molar-refractivity contribution in [1.29, 1.82) is 0 Å². The van der Waals surface area contributed by atoms with Crippen LogP contribution >= 0.6 is 0 Å². The number of para-hydroxylation sites is 1. The van der Waals surface area contributed by atoms with E-state index in [1.165, 1.54) is 9.69 Å². The highest BCUT2D eigenvalue weighted by atomic mass is 16.2. The molecule has 0 atom stereocenters. The van der Waals surface area contributed by atoms with Gasteiger partial charge in [0.05, 0.1) is 10.9 Å². The maximum Gasteiger partial charge on any atom is 0.297 e. The molecule has 1 aromatic heterocycles. The molecule has 0 spiro atoms. The molecule has 6 nitrogen and oxygen atoms in total. The lowest BCUT2D eigenvalue weighted by atomic mass is 10.2. The monoisotopic (exact) mass is 432 g/mol. The van der Waals surface area contributed by atoms with Crippen LogP contribution in [0.5, 0.6) is 0 Å². The number of nitrogens with zero attached hydrogens (tertiary/aromatic N) is 4. The molecule has 0 fully saturated rings. The molecule has 3 aromatic carbocycles. The molecule has 0 saturated heterocycles. The largest absolute Gasteiger partial charge is 0.297 e. The second-order valence-corrected chi connectivity index (χ2v) is 7.53. The summed E-state index contributed by atoms with van der Waals surface area (Å²) in [6.07, 6.45) is 5.33. The molecule has 0 radical (unpaired) electrons.